The molecule has 0 bridgehead atoms. The Morgan fingerprint density at radius 3 is 2.42 bits per heavy atom. The molecule has 0 saturated heterocycles. The number of hydrogen-bond donors (Lipinski definition) is 1. The predicted octanol–water partition coefficient (Wildman–Crippen LogP) is 3.69. The number of aromatic nitrogens is 1. The van der Waals surface area contributed by atoms with Gasteiger partial charge < -0.3 is 10.1 Å². The minimum atomic E-state index is 0.513. The number of pyridine rings is 1. The van der Waals surface area contributed by atoms with E-state index in [4.69, 9.17) is 27.9 Å². The van der Waals surface area contributed by atoms with Gasteiger partial charge >= 0.3 is 0 Å². The average molecular weight is 297 g/mol. The molecule has 3 nitrogen and oxygen atoms in total. The van der Waals surface area contributed by atoms with E-state index < -0.39 is 0 Å². The molecular weight excluding hydrogens is 283 g/mol. The van der Waals surface area contributed by atoms with E-state index in [1.165, 1.54) is 0 Å². The van der Waals surface area contributed by atoms with Crippen molar-refractivity contribution in [3.05, 3.63) is 57.8 Å². The lowest BCUT2D eigenvalue weighted by Gasteiger charge is -2.09. The molecule has 0 fully saturated rings. The molecule has 0 radical (unpaired) electrons. The highest BCUT2D eigenvalue weighted by Crippen LogP contribution is 2.33. The molecule has 2 aromatic rings. The van der Waals surface area contributed by atoms with Crippen LogP contribution in [0, 0.1) is 0 Å². The standard InChI is InChI=1S/C14H14Cl2N2O/c1-19-14-12(15)5-11(6-13(14)16)9-18-8-10-3-2-4-17-7-10/h2-7,18H,8-9H2,1H3. The molecule has 5 heteroatoms. The number of nitrogens with one attached hydrogen (secondary N) is 1. The first-order valence-corrected chi connectivity index (χ1v) is 6.58. The molecule has 100 valence electrons. The summed E-state index contributed by atoms with van der Waals surface area (Å²) in [5.41, 5.74) is 2.15. The highest BCUT2D eigenvalue weighted by Gasteiger charge is 2.08. The number of halogens is 2. The van der Waals surface area contributed by atoms with Crippen LogP contribution in [-0.4, -0.2) is 12.1 Å². The summed E-state index contributed by atoms with van der Waals surface area (Å²) in [5.74, 6) is 0.513. The molecule has 0 spiro atoms. The van der Waals surface area contributed by atoms with Crippen molar-refractivity contribution in [2.45, 2.75) is 13.1 Å². The fraction of sp³-hybridized carbons (Fsp3) is 0.214. The summed E-state index contributed by atoms with van der Waals surface area (Å²) in [5, 5.41) is 4.35. The van der Waals surface area contributed by atoms with E-state index in [0.29, 0.717) is 22.3 Å². The van der Waals surface area contributed by atoms with Gasteiger partial charge in [0.1, 0.15) is 0 Å². The molecule has 1 N–H and O–H groups in total. The first kappa shape index (κ1) is 14.1. The molecule has 19 heavy (non-hydrogen) atoms. The van der Waals surface area contributed by atoms with Crippen LogP contribution < -0.4 is 10.1 Å². The van der Waals surface area contributed by atoms with Crippen LogP contribution in [0.1, 0.15) is 11.1 Å². The number of methoxy groups -OCH3 is 1. The van der Waals surface area contributed by atoms with E-state index in [0.717, 1.165) is 17.7 Å². The SMILES string of the molecule is COc1c(Cl)cc(CNCc2cccnc2)cc1Cl. The van der Waals surface area contributed by atoms with Gasteiger partial charge in [0, 0.05) is 25.5 Å². The van der Waals surface area contributed by atoms with Crippen LogP contribution in [0.2, 0.25) is 10.0 Å². The Labute approximate surface area is 122 Å². The smallest absolute Gasteiger partial charge is 0.156 e. The Hall–Kier alpha value is -1.29. The molecule has 0 unspecified atom stereocenters. The third-order valence-electron chi connectivity index (χ3n) is 2.64. The van der Waals surface area contributed by atoms with Crippen LogP contribution in [0.3, 0.4) is 0 Å². The maximum absolute atomic E-state index is 6.08. The predicted molar refractivity (Wildman–Crippen MR) is 77.8 cm³/mol. The summed E-state index contributed by atoms with van der Waals surface area (Å²) in [4.78, 5) is 4.06. The first-order valence-electron chi connectivity index (χ1n) is 5.82. The van der Waals surface area contributed by atoms with Crippen molar-refractivity contribution in [3.8, 4) is 5.75 Å². The van der Waals surface area contributed by atoms with Gasteiger partial charge in [0.05, 0.1) is 17.2 Å². The molecule has 1 aromatic carbocycles. The van der Waals surface area contributed by atoms with Crippen LogP contribution in [0.5, 0.6) is 5.75 Å². The summed E-state index contributed by atoms with van der Waals surface area (Å²) in [6.45, 7) is 1.42. The zero-order valence-corrected chi connectivity index (χ0v) is 12.0. The monoisotopic (exact) mass is 296 g/mol. The highest BCUT2D eigenvalue weighted by atomic mass is 35.5. The zero-order chi connectivity index (χ0) is 13.7. The van der Waals surface area contributed by atoms with Crippen LogP contribution in [0.25, 0.3) is 0 Å². The lowest BCUT2D eigenvalue weighted by atomic mass is 10.2. The number of ether oxygens (including phenoxy) is 1. The van der Waals surface area contributed by atoms with Gasteiger partial charge in [-0.1, -0.05) is 29.3 Å². The Bertz CT molecular complexity index is 523. The quantitative estimate of drug-likeness (QED) is 0.914. The Morgan fingerprint density at radius 2 is 1.84 bits per heavy atom. The Kier molecular flexibility index (Phi) is 5.02. The zero-order valence-electron chi connectivity index (χ0n) is 10.5. The van der Waals surface area contributed by atoms with Crippen LogP contribution in [-0.2, 0) is 13.1 Å². The van der Waals surface area contributed by atoms with Gasteiger partial charge in [-0.2, -0.15) is 0 Å². The van der Waals surface area contributed by atoms with E-state index in [1.54, 1.807) is 13.3 Å². The van der Waals surface area contributed by atoms with Crippen molar-refractivity contribution in [1.82, 2.24) is 10.3 Å². The van der Waals surface area contributed by atoms with E-state index >= 15 is 0 Å². The summed E-state index contributed by atoms with van der Waals surface area (Å²) in [7, 11) is 1.55. The number of rotatable bonds is 5. The molecule has 1 heterocycles. The Morgan fingerprint density at radius 1 is 1.16 bits per heavy atom. The lowest BCUT2D eigenvalue weighted by molar-refractivity contribution is 0.415. The van der Waals surface area contributed by atoms with E-state index in [1.807, 2.05) is 30.5 Å². The molecule has 0 aliphatic heterocycles. The third-order valence-corrected chi connectivity index (χ3v) is 3.20. The minimum absolute atomic E-state index is 0.513. The van der Waals surface area contributed by atoms with Crippen molar-refractivity contribution in [3.63, 3.8) is 0 Å². The van der Waals surface area contributed by atoms with Crippen molar-refractivity contribution in [2.24, 2.45) is 0 Å². The molecule has 1 aromatic heterocycles. The fourth-order valence-corrected chi connectivity index (χ4v) is 2.45. The highest BCUT2D eigenvalue weighted by molar-refractivity contribution is 6.37. The second-order valence-corrected chi connectivity index (χ2v) is 4.87. The van der Waals surface area contributed by atoms with Gasteiger partial charge in [-0.25, -0.2) is 0 Å². The molecule has 0 amide bonds. The molecule has 2 rings (SSSR count). The van der Waals surface area contributed by atoms with Gasteiger partial charge in [-0.15, -0.1) is 0 Å². The van der Waals surface area contributed by atoms with Crippen molar-refractivity contribution >= 4 is 23.2 Å². The largest absolute Gasteiger partial charge is 0.494 e. The van der Waals surface area contributed by atoms with Gasteiger partial charge in [0.2, 0.25) is 0 Å². The van der Waals surface area contributed by atoms with E-state index in [9.17, 15) is 0 Å². The van der Waals surface area contributed by atoms with Gasteiger partial charge in [0.25, 0.3) is 0 Å². The molecule has 0 aliphatic rings. The lowest BCUT2D eigenvalue weighted by Crippen LogP contribution is -2.12. The van der Waals surface area contributed by atoms with Gasteiger partial charge in [-0.3, -0.25) is 4.98 Å². The summed E-state index contributed by atoms with van der Waals surface area (Å²) in [6, 6.07) is 7.64. The van der Waals surface area contributed by atoms with Crippen LogP contribution in [0.15, 0.2) is 36.7 Å². The fourth-order valence-electron chi connectivity index (χ4n) is 1.76. The number of hydrogen-bond acceptors (Lipinski definition) is 3. The number of benzene rings is 1. The minimum Gasteiger partial charge on any atom is -0.494 e. The molecule has 0 aliphatic carbocycles. The first-order chi connectivity index (χ1) is 9.20. The second kappa shape index (κ2) is 6.75. The van der Waals surface area contributed by atoms with E-state index in [-0.39, 0.29) is 0 Å². The summed E-state index contributed by atoms with van der Waals surface area (Å²) in [6.07, 6.45) is 3.59. The molecule has 0 atom stereocenters. The van der Waals surface area contributed by atoms with Crippen molar-refractivity contribution in [2.75, 3.05) is 7.11 Å². The number of nitrogens with zero attached hydrogens (tertiary/aromatic N) is 1. The molecular formula is C14H14Cl2N2O. The van der Waals surface area contributed by atoms with Crippen LogP contribution in [0.4, 0.5) is 0 Å². The Balaban J connectivity index is 1.97. The van der Waals surface area contributed by atoms with Crippen LogP contribution >= 0.6 is 23.2 Å². The third kappa shape index (κ3) is 3.83. The normalized spacial score (nSPS) is 10.5. The van der Waals surface area contributed by atoms with Gasteiger partial charge in [-0.05, 0) is 29.3 Å². The van der Waals surface area contributed by atoms with Crippen molar-refractivity contribution in [1.29, 1.82) is 0 Å². The topological polar surface area (TPSA) is 34.1 Å². The summed E-state index contributed by atoms with van der Waals surface area (Å²) >= 11 is 12.2. The molecule has 0 saturated carbocycles. The maximum atomic E-state index is 6.08. The van der Waals surface area contributed by atoms with Gasteiger partial charge in [0.15, 0.2) is 5.75 Å². The van der Waals surface area contributed by atoms with E-state index in [2.05, 4.69) is 10.3 Å². The average Bonchev–Trinajstić information content (AvgIpc) is 2.40. The second-order valence-electron chi connectivity index (χ2n) is 4.06. The van der Waals surface area contributed by atoms with Crippen molar-refractivity contribution < 1.29 is 4.74 Å². The maximum Gasteiger partial charge on any atom is 0.156 e. The summed E-state index contributed by atoms with van der Waals surface area (Å²) < 4.78 is 5.11.